The summed E-state index contributed by atoms with van der Waals surface area (Å²) in [7, 11) is -7.78. The quantitative estimate of drug-likeness (QED) is 0.732. The molecule has 0 amide bonds. The van der Waals surface area contributed by atoms with E-state index in [1.807, 2.05) is 6.07 Å². The van der Waals surface area contributed by atoms with E-state index in [1.54, 1.807) is 24.3 Å². The lowest BCUT2D eigenvalue weighted by molar-refractivity contribution is -0.141. The standard InChI is InChI=1S/C19H21NO7S2/c1-28(23,24)20-13-11-19(12-14-20,18(21)22)29(25,26)17-9-7-16(8-10-17)27-15-5-3-2-4-6-15/h2-10H,11-14H2,1H3,(H,21,22). The van der Waals surface area contributed by atoms with Crippen LogP contribution in [0.25, 0.3) is 0 Å². The van der Waals surface area contributed by atoms with Crippen molar-refractivity contribution in [3.8, 4) is 11.5 Å². The number of nitrogens with zero attached hydrogens (tertiary/aromatic N) is 1. The van der Waals surface area contributed by atoms with Crippen molar-refractivity contribution in [2.24, 2.45) is 0 Å². The summed E-state index contributed by atoms with van der Waals surface area (Å²) in [4.78, 5) is 11.8. The Hall–Kier alpha value is -2.43. The number of sulfonamides is 1. The number of piperidine rings is 1. The van der Waals surface area contributed by atoms with E-state index in [1.165, 1.54) is 24.3 Å². The maximum absolute atomic E-state index is 13.2. The molecule has 0 bridgehead atoms. The molecule has 1 heterocycles. The van der Waals surface area contributed by atoms with Crippen molar-refractivity contribution in [1.82, 2.24) is 4.31 Å². The van der Waals surface area contributed by atoms with E-state index in [9.17, 15) is 26.7 Å². The molecule has 8 nitrogen and oxygen atoms in total. The number of sulfone groups is 1. The number of rotatable bonds is 6. The monoisotopic (exact) mass is 439 g/mol. The van der Waals surface area contributed by atoms with Gasteiger partial charge < -0.3 is 9.84 Å². The number of carboxylic acid groups (broad SMARTS) is 1. The van der Waals surface area contributed by atoms with Crippen LogP contribution in [-0.2, 0) is 24.7 Å². The fourth-order valence-corrected chi connectivity index (χ4v) is 6.05. The van der Waals surface area contributed by atoms with Gasteiger partial charge in [0.05, 0.1) is 11.2 Å². The van der Waals surface area contributed by atoms with Crippen molar-refractivity contribution >= 4 is 25.8 Å². The van der Waals surface area contributed by atoms with Gasteiger partial charge in [0.15, 0.2) is 14.6 Å². The lowest BCUT2D eigenvalue weighted by Crippen LogP contribution is -2.55. The zero-order valence-electron chi connectivity index (χ0n) is 15.7. The van der Waals surface area contributed by atoms with Gasteiger partial charge in [0.25, 0.3) is 0 Å². The average Bonchev–Trinajstić information content (AvgIpc) is 2.68. The Morgan fingerprint density at radius 1 is 0.931 bits per heavy atom. The fraction of sp³-hybridized carbons (Fsp3) is 0.316. The smallest absolute Gasteiger partial charge is 0.325 e. The Morgan fingerprint density at radius 3 is 1.93 bits per heavy atom. The number of benzene rings is 2. The highest BCUT2D eigenvalue weighted by molar-refractivity contribution is 7.93. The SMILES string of the molecule is CS(=O)(=O)N1CCC(C(=O)O)(S(=O)(=O)c2ccc(Oc3ccccc3)cc2)CC1. The summed E-state index contributed by atoms with van der Waals surface area (Å²) in [5, 5.41) is 9.75. The van der Waals surface area contributed by atoms with Crippen molar-refractivity contribution in [1.29, 1.82) is 0 Å². The first-order valence-electron chi connectivity index (χ1n) is 8.82. The molecule has 29 heavy (non-hydrogen) atoms. The van der Waals surface area contributed by atoms with E-state index in [2.05, 4.69) is 0 Å². The topological polar surface area (TPSA) is 118 Å². The van der Waals surface area contributed by atoms with Gasteiger partial charge in [-0.15, -0.1) is 0 Å². The van der Waals surface area contributed by atoms with Crippen molar-refractivity contribution in [2.75, 3.05) is 19.3 Å². The van der Waals surface area contributed by atoms with Crippen LogP contribution in [0.1, 0.15) is 12.8 Å². The maximum Gasteiger partial charge on any atom is 0.325 e. The molecule has 0 aromatic heterocycles. The molecular formula is C19H21NO7S2. The fourth-order valence-electron chi connectivity index (χ4n) is 3.31. The van der Waals surface area contributed by atoms with Crippen molar-refractivity contribution in [3.05, 3.63) is 54.6 Å². The van der Waals surface area contributed by atoms with Gasteiger partial charge in [0.1, 0.15) is 11.5 Å². The largest absolute Gasteiger partial charge is 0.480 e. The van der Waals surface area contributed by atoms with Crippen LogP contribution in [0, 0.1) is 0 Å². The van der Waals surface area contributed by atoms with E-state index in [4.69, 9.17) is 4.74 Å². The first-order valence-corrected chi connectivity index (χ1v) is 12.2. The summed E-state index contributed by atoms with van der Waals surface area (Å²) in [5.74, 6) is -0.486. The van der Waals surface area contributed by atoms with Crippen LogP contribution in [0.3, 0.4) is 0 Å². The van der Waals surface area contributed by atoms with Crippen LogP contribution < -0.4 is 4.74 Å². The first-order chi connectivity index (χ1) is 13.6. The molecule has 1 fully saturated rings. The first kappa shape index (κ1) is 21.3. The predicted molar refractivity (Wildman–Crippen MR) is 106 cm³/mol. The molecule has 0 aliphatic carbocycles. The molecule has 1 N–H and O–H groups in total. The molecule has 0 atom stereocenters. The van der Waals surface area contributed by atoms with Crippen LogP contribution in [0.5, 0.6) is 11.5 Å². The molecule has 3 rings (SSSR count). The second kappa shape index (κ2) is 7.77. The Morgan fingerprint density at radius 2 is 1.45 bits per heavy atom. The number of para-hydroxylation sites is 1. The molecule has 0 unspecified atom stereocenters. The van der Waals surface area contributed by atoms with E-state index >= 15 is 0 Å². The van der Waals surface area contributed by atoms with Crippen LogP contribution in [0.2, 0.25) is 0 Å². The highest BCUT2D eigenvalue weighted by atomic mass is 32.2. The van der Waals surface area contributed by atoms with Crippen LogP contribution in [-0.4, -0.2) is 56.3 Å². The molecule has 0 saturated carbocycles. The third kappa shape index (κ3) is 4.14. The maximum atomic E-state index is 13.2. The van der Waals surface area contributed by atoms with Gasteiger partial charge >= 0.3 is 5.97 Å². The summed E-state index contributed by atoms with van der Waals surface area (Å²) in [6.45, 7) is -0.334. The number of ether oxygens (including phenoxy) is 1. The molecule has 1 aliphatic heterocycles. The lowest BCUT2D eigenvalue weighted by atomic mass is 9.97. The molecule has 1 aliphatic rings. The molecule has 2 aromatic carbocycles. The highest BCUT2D eigenvalue weighted by Crippen LogP contribution is 2.37. The van der Waals surface area contributed by atoms with E-state index in [-0.39, 0.29) is 30.8 Å². The van der Waals surface area contributed by atoms with Crippen molar-refractivity contribution in [2.45, 2.75) is 22.5 Å². The number of carbonyl (C=O) groups is 1. The second-order valence-corrected chi connectivity index (χ2v) is 11.1. The second-order valence-electron chi connectivity index (χ2n) is 6.85. The molecule has 2 aromatic rings. The Bertz CT molecular complexity index is 1090. The zero-order valence-corrected chi connectivity index (χ0v) is 17.3. The van der Waals surface area contributed by atoms with E-state index < -0.39 is 30.6 Å². The Kier molecular flexibility index (Phi) is 5.70. The minimum Gasteiger partial charge on any atom is -0.480 e. The predicted octanol–water partition coefficient (Wildman–Crippen LogP) is 2.13. The van der Waals surface area contributed by atoms with Gasteiger partial charge in [-0.25, -0.2) is 21.1 Å². The van der Waals surface area contributed by atoms with Gasteiger partial charge in [0.2, 0.25) is 10.0 Å². The highest BCUT2D eigenvalue weighted by Gasteiger charge is 2.54. The normalized spacial score (nSPS) is 17.6. The Balaban J connectivity index is 1.87. The number of hydrogen-bond acceptors (Lipinski definition) is 6. The zero-order chi connectivity index (χ0) is 21.3. The average molecular weight is 440 g/mol. The molecule has 0 spiro atoms. The number of carboxylic acids is 1. The number of aliphatic carboxylic acids is 1. The summed E-state index contributed by atoms with van der Waals surface area (Å²) in [6.07, 6.45) is 0.376. The van der Waals surface area contributed by atoms with Gasteiger partial charge in [-0.05, 0) is 49.2 Å². The van der Waals surface area contributed by atoms with Crippen molar-refractivity contribution < 1.29 is 31.5 Å². The number of hydrogen-bond donors (Lipinski definition) is 1. The molecular weight excluding hydrogens is 418 g/mol. The summed E-state index contributed by atoms with van der Waals surface area (Å²) >= 11 is 0. The lowest BCUT2D eigenvalue weighted by Gasteiger charge is -2.37. The van der Waals surface area contributed by atoms with Gasteiger partial charge in [-0.2, -0.15) is 0 Å². The van der Waals surface area contributed by atoms with E-state index in [0.717, 1.165) is 10.6 Å². The Labute approximate surface area is 169 Å². The summed E-state index contributed by atoms with van der Waals surface area (Å²) < 4.78 is 54.4. The summed E-state index contributed by atoms with van der Waals surface area (Å²) in [6, 6.07) is 14.5. The third-order valence-corrected chi connectivity index (χ3v) is 8.82. The van der Waals surface area contributed by atoms with Gasteiger partial charge in [0, 0.05) is 13.1 Å². The third-order valence-electron chi connectivity index (χ3n) is 5.02. The van der Waals surface area contributed by atoms with Crippen molar-refractivity contribution in [3.63, 3.8) is 0 Å². The minimum absolute atomic E-state index is 0.145. The molecule has 0 radical (unpaired) electrons. The van der Waals surface area contributed by atoms with Crippen LogP contribution in [0.4, 0.5) is 0 Å². The minimum atomic E-state index is -4.26. The summed E-state index contributed by atoms with van der Waals surface area (Å²) in [5.41, 5.74) is 0. The van der Waals surface area contributed by atoms with Gasteiger partial charge in [-0.1, -0.05) is 18.2 Å². The van der Waals surface area contributed by atoms with Crippen LogP contribution >= 0.6 is 0 Å². The van der Waals surface area contributed by atoms with Gasteiger partial charge in [-0.3, -0.25) is 4.79 Å². The van der Waals surface area contributed by atoms with Crippen LogP contribution in [0.15, 0.2) is 59.5 Å². The molecule has 10 heteroatoms. The molecule has 1 saturated heterocycles. The molecule has 156 valence electrons. The van der Waals surface area contributed by atoms with E-state index in [0.29, 0.717) is 11.5 Å².